The van der Waals surface area contributed by atoms with Gasteiger partial charge in [-0.1, -0.05) is 0 Å². The van der Waals surface area contributed by atoms with Gasteiger partial charge in [-0.2, -0.15) is 0 Å². The summed E-state index contributed by atoms with van der Waals surface area (Å²) in [6.07, 6.45) is 2.12. The van der Waals surface area contributed by atoms with Crippen LogP contribution >= 0.6 is 15.9 Å². The van der Waals surface area contributed by atoms with Crippen LogP contribution < -0.4 is 15.8 Å². The molecule has 0 bridgehead atoms. The van der Waals surface area contributed by atoms with Crippen LogP contribution in [0, 0.1) is 0 Å². The second-order valence-electron chi connectivity index (χ2n) is 3.92. The van der Waals surface area contributed by atoms with Gasteiger partial charge in [0.15, 0.2) is 0 Å². The van der Waals surface area contributed by atoms with Gasteiger partial charge in [-0.15, -0.1) is 0 Å². The number of methoxy groups -OCH3 is 1. The van der Waals surface area contributed by atoms with Crippen LogP contribution in [0.1, 0.15) is 12.8 Å². The highest BCUT2D eigenvalue weighted by atomic mass is 79.9. The number of ether oxygens (including phenoxy) is 1. The van der Waals surface area contributed by atoms with E-state index in [1.165, 1.54) is 0 Å². The fourth-order valence-corrected chi connectivity index (χ4v) is 2.31. The van der Waals surface area contributed by atoms with Crippen molar-refractivity contribution in [1.82, 2.24) is 0 Å². The SMILES string of the molecule is COc1ccc(NC2CC(N)C2)cc1Br. The third-order valence-electron chi connectivity index (χ3n) is 2.70. The molecule has 0 spiro atoms. The van der Waals surface area contributed by atoms with Crippen molar-refractivity contribution >= 4 is 21.6 Å². The first kappa shape index (κ1) is 10.8. The molecule has 0 aromatic heterocycles. The molecular weight excluding hydrogens is 256 g/mol. The summed E-state index contributed by atoms with van der Waals surface area (Å²) in [6, 6.07) is 6.91. The van der Waals surface area contributed by atoms with E-state index in [0.717, 1.165) is 28.8 Å². The lowest BCUT2D eigenvalue weighted by molar-refractivity contribution is 0.373. The van der Waals surface area contributed by atoms with Gasteiger partial charge < -0.3 is 15.8 Å². The molecule has 0 saturated heterocycles. The number of nitrogens with two attached hydrogens (primary N) is 1. The van der Waals surface area contributed by atoms with E-state index in [4.69, 9.17) is 10.5 Å². The molecule has 15 heavy (non-hydrogen) atoms. The number of nitrogens with one attached hydrogen (secondary N) is 1. The lowest BCUT2D eigenvalue weighted by Crippen LogP contribution is -2.44. The predicted octanol–water partition coefficient (Wildman–Crippen LogP) is 2.36. The van der Waals surface area contributed by atoms with Gasteiger partial charge in [0.2, 0.25) is 0 Å². The third kappa shape index (κ3) is 2.44. The van der Waals surface area contributed by atoms with Crippen LogP contribution in [0.25, 0.3) is 0 Å². The molecule has 3 nitrogen and oxygen atoms in total. The van der Waals surface area contributed by atoms with Crippen molar-refractivity contribution in [2.45, 2.75) is 24.9 Å². The van der Waals surface area contributed by atoms with E-state index in [2.05, 4.69) is 21.2 Å². The molecule has 1 aliphatic carbocycles. The smallest absolute Gasteiger partial charge is 0.133 e. The van der Waals surface area contributed by atoms with Crippen molar-refractivity contribution in [3.05, 3.63) is 22.7 Å². The first-order valence-corrected chi connectivity index (χ1v) is 5.84. The highest BCUT2D eigenvalue weighted by molar-refractivity contribution is 9.10. The Morgan fingerprint density at radius 1 is 1.47 bits per heavy atom. The quantitative estimate of drug-likeness (QED) is 0.887. The molecule has 3 N–H and O–H groups in total. The zero-order valence-electron chi connectivity index (χ0n) is 8.66. The van der Waals surface area contributed by atoms with Gasteiger partial charge in [0.1, 0.15) is 5.75 Å². The first-order chi connectivity index (χ1) is 7.19. The molecule has 1 saturated carbocycles. The van der Waals surface area contributed by atoms with E-state index in [1.54, 1.807) is 7.11 Å². The maximum atomic E-state index is 5.73. The number of anilines is 1. The Kier molecular flexibility index (Phi) is 3.17. The normalized spacial score (nSPS) is 24.5. The number of hydrogen-bond acceptors (Lipinski definition) is 3. The number of hydrogen-bond donors (Lipinski definition) is 2. The standard InChI is InChI=1S/C11H15BrN2O/c1-15-11-3-2-8(6-10(11)12)14-9-4-7(13)5-9/h2-3,6-7,9,14H,4-5,13H2,1H3. The second kappa shape index (κ2) is 4.41. The Bertz CT molecular complexity index is 350. The number of rotatable bonds is 3. The van der Waals surface area contributed by atoms with Crippen molar-refractivity contribution in [2.24, 2.45) is 5.73 Å². The molecule has 0 heterocycles. The summed E-state index contributed by atoms with van der Waals surface area (Å²) < 4.78 is 6.14. The Morgan fingerprint density at radius 3 is 2.73 bits per heavy atom. The van der Waals surface area contributed by atoms with Gasteiger partial charge in [-0.25, -0.2) is 0 Å². The fourth-order valence-electron chi connectivity index (χ4n) is 1.77. The van der Waals surface area contributed by atoms with E-state index < -0.39 is 0 Å². The summed E-state index contributed by atoms with van der Waals surface area (Å²) in [5, 5.41) is 3.44. The number of halogens is 1. The van der Waals surface area contributed by atoms with Crippen LogP contribution in [-0.4, -0.2) is 19.2 Å². The molecule has 0 unspecified atom stereocenters. The van der Waals surface area contributed by atoms with Gasteiger partial charge in [-0.3, -0.25) is 0 Å². The van der Waals surface area contributed by atoms with Crippen LogP contribution in [0.5, 0.6) is 5.75 Å². The first-order valence-electron chi connectivity index (χ1n) is 5.04. The molecule has 82 valence electrons. The zero-order valence-corrected chi connectivity index (χ0v) is 10.3. The van der Waals surface area contributed by atoms with Crippen molar-refractivity contribution < 1.29 is 4.74 Å². The number of benzene rings is 1. The van der Waals surface area contributed by atoms with Gasteiger partial charge in [0, 0.05) is 17.8 Å². The summed E-state index contributed by atoms with van der Waals surface area (Å²) >= 11 is 3.46. The van der Waals surface area contributed by atoms with Crippen LogP contribution in [-0.2, 0) is 0 Å². The molecule has 4 heteroatoms. The van der Waals surface area contributed by atoms with Crippen molar-refractivity contribution in [3.63, 3.8) is 0 Å². The van der Waals surface area contributed by atoms with E-state index in [9.17, 15) is 0 Å². The molecule has 1 aromatic carbocycles. The molecular formula is C11H15BrN2O. The fraction of sp³-hybridized carbons (Fsp3) is 0.455. The Morgan fingerprint density at radius 2 is 2.20 bits per heavy atom. The van der Waals surface area contributed by atoms with Crippen LogP contribution in [0.15, 0.2) is 22.7 Å². The summed E-state index contributed by atoms with van der Waals surface area (Å²) in [5.41, 5.74) is 6.84. The molecule has 1 aliphatic rings. The second-order valence-corrected chi connectivity index (χ2v) is 4.78. The van der Waals surface area contributed by atoms with Gasteiger partial charge in [-0.05, 0) is 47.0 Å². The Hall–Kier alpha value is -0.740. The topological polar surface area (TPSA) is 47.3 Å². The molecule has 0 amide bonds. The average molecular weight is 271 g/mol. The lowest BCUT2D eigenvalue weighted by atomic mass is 9.87. The molecule has 1 fully saturated rings. The summed E-state index contributed by atoms with van der Waals surface area (Å²) in [5.74, 6) is 0.853. The van der Waals surface area contributed by atoms with Crippen molar-refractivity contribution in [1.29, 1.82) is 0 Å². The molecule has 1 aromatic rings. The van der Waals surface area contributed by atoms with Gasteiger partial charge in [0.25, 0.3) is 0 Å². The van der Waals surface area contributed by atoms with E-state index in [1.807, 2.05) is 18.2 Å². The lowest BCUT2D eigenvalue weighted by Gasteiger charge is -2.33. The highest BCUT2D eigenvalue weighted by Gasteiger charge is 2.25. The molecule has 0 aliphatic heterocycles. The summed E-state index contributed by atoms with van der Waals surface area (Å²) in [7, 11) is 1.66. The maximum Gasteiger partial charge on any atom is 0.133 e. The average Bonchev–Trinajstić information content (AvgIpc) is 2.16. The maximum absolute atomic E-state index is 5.73. The van der Waals surface area contributed by atoms with E-state index in [0.29, 0.717) is 12.1 Å². The minimum atomic E-state index is 0.379. The highest BCUT2D eigenvalue weighted by Crippen LogP contribution is 2.30. The van der Waals surface area contributed by atoms with Gasteiger partial charge >= 0.3 is 0 Å². The van der Waals surface area contributed by atoms with E-state index >= 15 is 0 Å². The van der Waals surface area contributed by atoms with Gasteiger partial charge in [0.05, 0.1) is 11.6 Å². The third-order valence-corrected chi connectivity index (χ3v) is 3.32. The van der Waals surface area contributed by atoms with E-state index in [-0.39, 0.29) is 0 Å². The largest absolute Gasteiger partial charge is 0.496 e. The minimum Gasteiger partial charge on any atom is -0.496 e. The zero-order chi connectivity index (χ0) is 10.8. The summed E-state index contributed by atoms with van der Waals surface area (Å²) in [4.78, 5) is 0. The molecule has 0 atom stereocenters. The Balaban J connectivity index is 2.00. The van der Waals surface area contributed by atoms with Crippen LogP contribution in [0.3, 0.4) is 0 Å². The monoisotopic (exact) mass is 270 g/mol. The molecule has 2 rings (SSSR count). The van der Waals surface area contributed by atoms with Crippen LogP contribution in [0.4, 0.5) is 5.69 Å². The predicted molar refractivity (Wildman–Crippen MR) is 65.3 cm³/mol. The van der Waals surface area contributed by atoms with Crippen LogP contribution in [0.2, 0.25) is 0 Å². The van der Waals surface area contributed by atoms with Crippen molar-refractivity contribution in [3.8, 4) is 5.75 Å². The molecule has 0 radical (unpaired) electrons. The van der Waals surface area contributed by atoms with Crippen molar-refractivity contribution in [2.75, 3.05) is 12.4 Å². The summed E-state index contributed by atoms with van der Waals surface area (Å²) in [6.45, 7) is 0. The Labute approximate surface area is 98.1 Å². The minimum absolute atomic E-state index is 0.379.